The van der Waals surface area contributed by atoms with Crippen LogP contribution in [0.5, 0.6) is 0 Å². The largest absolute Gasteiger partial charge is 0.481 e. The normalized spacial score (nSPS) is 18.1. The molecule has 3 rings (SSSR count). The van der Waals surface area contributed by atoms with Crippen LogP contribution in [-0.4, -0.2) is 39.7 Å². The molecule has 1 amide bonds. The molecule has 1 N–H and O–H groups in total. The number of carbonyl (C=O) groups excluding carboxylic acids is 1. The van der Waals surface area contributed by atoms with Crippen molar-refractivity contribution in [1.82, 2.24) is 9.88 Å². The fraction of sp³-hybridized carbons (Fsp3) is 0.381. The van der Waals surface area contributed by atoms with Gasteiger partial charge in [0.1, 0.15) is 6.10 Å². The monoisotopic (exact) mass is 368 g/mol. The number of benzene rings is 1. The van der Waals surface area contributed by atoms with Crippen LogP contribution in [0, 0.1) is 6.92 Å². The second kappa shape index (κ2) is 8.20. The molecule has 0 spiro atoms. The highest BCUT2D eigenvalue weighted by atomic mass is 16.6. The summed E-state index contributed by atoms with van der Waals surface area (Å²) >= 11 is 0. The molecule has 1 aliphatic rings. The molecular formula is C21H24N2O4. The van der Waals surface area contributed by atoms with Gasteiger partial charge in [-0.05, 0) is 49.1 Å². The van der Waals surface area contributed by atoms with Crippen LogP contribution >= 0.6 is 0 Å². The van der Waals surface area contributed by atoms with Crippen molar-refractivity contribution in [3.63, 3.8) is 0 Å². The van der Waals surface area contributed by atoms with Gasteiger partial charge in [-0.2, -0.15) is 0 Å². The fourth-order valence-corrected chi connectivity index (χ4v) is 3.34. The van der Waals surface area contributed by atoms with Gasteiger partial charge in [-0.1, -0.05) is 24.3 Å². The summed E-state index contributed by atoms with van der Waals surface area (Å²) in [4.78, 5) is 28.9. The average molecular weight is 368 g/mol. The number of pyridine rings is 1. The third-order valence-corrected chi connectivity index (χ3v) is 4.96. The van der Waals surface area contributed by atoms with E-state index in [1.165, 1.54) is 0 Å². The van der Waals surface area contributed by atoms with E-state index in [0.717, 1.165) is 22.4 Å². The first-order valence-electron chi connectivity index (χ1n) is 9.16. The van der Waals surface area contributed by atoms with Gasteiger partial charge in [-0.25, -0.2) is 4.79 Å². The van der Waals surface area contributed by atoms with Crippen LogP contribution < -0.4 is 0 Å². The van der Waals surface area contributed by atoms with Gasteiger partial charge in [0.05, 0.1) is 6.04 Å². The molecule has 1 aliphatic heterocycles. The lowest BCUT2D eigenvalue weighted by Gasteiger charge is -2.35. The van der Waals surface area contributed by atoms with Gasteiger partial charge in [0.25, 0.3) is 0 Å². The maximum atomic E-state index is 12.3. The fourth-order valence-electron chi connectivity index (χ4n) is 3.34. The van der Waals surface area contributed by atoms with Gasteiger partial charge in [-0.3, -0.25) is 9.78 Å². The minimum atomic E-state index is -0.869. The first-order chi connectivity index (χ1) is 12.9. The Morgan fingerprint density at radius 2 is 2.04 bits per heavy atom. The third kappa shape index (κ3) is 4.64. The molecule has 0 bridgehead atoms. The van der Waals surface area contributed by atoms with Crippen molar-refractivity contribution in [1.29, 1.82) is 0 Å². The number of aryl methyl sites for hydroxylation is 1. The van der Waals surface area contributed by atoms with Gasteiger partial charge in [0, 0.05) is 31.3 Å². The standard InChI is InChI=1S/C21H24N2O4/c1-14-13-18(9-11-22-14)17-5-3-16(4-6-17)15(2)23-12-10-19(27-21(23)26)7-8-20(24)25/h3-6,9,11,13,15,19H,7-8,10,12H2,1-2H3,(H,24,25). The summed E-state index contributed by atoms with van der Waals surface area (Å²) in [6.45, 7) is 4.51. The van der Waals surface area contributed by atoms with E-state index in [4.69, 9.17) is 9.84 Å². The first-order valence-corrected chi connectivity index (χ1v) is 9.16. The molecule has 0 radical (unpaired) electrons. The molecule has 2 unspecified atom stereocenters. The van der Waals surface area contributed by atoms with Crippen molar-refractivity contribution in [3.05, 3.63) is 53.9 Å². The van der Waals surface area contributed by atoms with Gasteiger partial charge in [-0.15, -0.1) is 0 Å². The molecule has 2 aromatic rings. The van der Waals surface area contributed by atoms with Crippen molar-refractivity contribution in [2.45, 2.75) is 45.3 Å². The number of hydrogen-bond acceptors (Lipinski definition) is 4. The minimum absolute atomic E-state index is 0.0173. The number of carboxylic acids is 1. The summed E-state index contributed by atoms with van der Waals surface area (Å²) < 4.78 is 5.41. The van der Waals surface area contributed by atoms with Gasteiger partial charge in [0.15, 0.2) is 0 Å². The second-order valence-corrected chi connectivity index (χ2v) is 6.90. The Labute approximate surface area is 158 Å². The maximum absolute atomic E-state index is 12.3. The SMILES string of the molecule is Cc1cc(-c2ccc(C(C)N3CCC(CCC(=O)O)OC3=O)cc2)ccn1. The molecule has 1 saturated heterocycles. The molecule has 2 atom stereocenters. The highest BCUT2D eigenvalue weighted by molar-refractivity contribution is 5.70. The molecule has 6 heteroatoms. The highest BCUT2D eigenvalue weighted by Gasteiger charge is 2.31. The number of aromatic nitrogens is 1. The van der Waals surface area contributed by atoms with Crippen molar-refractivity contribution in [3.8, 4) is 11.1 Å². The molecule has 6 nitrogen and oxygen atoms in total. The van der Waals surface area contributed by atoms with Gasteiger partial charge < -0.3 is 14.7 Å². The van der Waals surface area contributed by atoms with E-state index in [1.54, 1.807) is 11.1 Å². The van der Waals surface area contributed by atoms with E-state index in [0.29, 0.717) is 19.4 Å². The quantitative estimate of drug-likeness (QED) is 0.827. The summed E-state index contributed by atoms with van der Waals surface area (Å²) in [5, 5.41) is 8.76. The summed E-state index contributed by atoms with van der Waals surface area (Å²) in [5.41, 5.74) is 4.22. The zero-order chi connectivity index (χ0) is 19.4. The lowest BCUT2D eigenvalue weighted by Crippen LogP contribution is -2.43. The van der Waals surface area contributed by atoms with Crippen molar-refractivity contribution < 1.29 is 19.4 Å². The van der Waals surface area contributed by atoms with E-state index in [-0.39, 0.29) is 24.7 Å². The predicted octanol–water partition coefficient (Wildman–Crippen LogP) is 4.19. The summed E-state index contributed by atoms with van der Waals surface area (Å²) in [6.07, 6.45) is 2.14. The smallest absolute Gasteiger partial charge is 0.410 e. The van der Waals surface area contributed by atoms with Crippen LogP contribution in [0.3, 0.4) is 0 Å². The molecule has 2 heterocycles. The Kier molecular flexibility index (Phi) is 5.74. The number of amides is 1. The number of carbonyl (C=O) groups is 2. The zero-order valence-electron chi connectivity index (χ0n) is 15.6. The number of nitrogens with zero attached hydrogens (tertiary/aromatic N) is 2. The lowest BCUT2D eigenvalue weighted by molar-refractivity contribution is -0.137. The molecule has 142 valence electrons. The number of hydrogen-bond donors (Lipinski definition) is 1. The average Bonchev–Trinajstić information content (AvgIpc) is 2.66. The zero-order valence-corrected chi connectivity index (χ0v) is 15.6. The Morgan fingerprint density at radius 3 is 2.67 bits per heavy atom. The van der Waals surface area contributed by atoms with E-state index in [1.807, 2.05) is 50.2 Å². The molecule has 27 heavy (non-hydrogen) atoms. The van der Waals surface area contributed by atoms with Crippen LogP contribution in [0.1, 0.15) is 43.5 Å². The Bertz CT molecular complexity index is 819. The number of aliphatic carboxylic acids is 1. The molecular weight excluding hydrogens is 344 g/mol. The van der Waals surface area contributed by atoms with Crippen LogP contribution in [0.2, 0.25) is 0 Å². The van der Waals surface area contributed by atoms with Crippen molar-refractivity contribution in [2.24, 2.45) is 0 Å². The van der Waals surface area contributed by atoms with E-state index < -0.39 is 5.97 Å². The molecule has 1 aromatic heterocycles. The molecule has 0 aliphatic carbocycles. The Morgan fingerprint density at radius 1 is 1.30 bits per heavy atom. The third-order valence-electron chi connectivity index (χ3n) is 4.96. The number of rotatable bonds is 6. The maximum Gasteiger partial charge on any atom is 0.410 e. The first kappa shape index (κ1) is 18.9. The topological polar surface area (TPSA) is 79.7 Å². The van der Waals surface area contributed by atoms with Gasteiger partial charge >= 0.3 is 12.1 Å². The van der Waals surface area contributed by atoms with Crippen LogP contribution in [0.4, 0.5) is 4.79 Å². The molecule has 1 aromatic carbocycles. The van der Waals surface area contributed by atoms with Crippen LogP contribution in [-0.2, 0) is 9.53 Å². The number of ether oxygens (including phenoxy) is 1. The van der Waals surface area contributed by atoms with Crippen molar-refractivity contribution in [2.75, 3.05) is 6.54 Å². The van der Waals surface area contributed by atoms with Crippen LogP contribution in [0.15, 0.2) is 42.6 Å². The van der Waals surface area contributed by atoms with Crippen molar-refractivity contribution >= 4 is 12.1 Å². The summed E-state index contributed by atoms with van der Waals surface area (Å²) in [5.74, 6) is -0.869. The predicted molar refractivity (Wildman–Crippen MR) is 101 cm³/mol. The number of cyclic esters (lactones) is 1. The second-order valence-electron chi connectivity index (χ2n) is 6.90. The minimum Gasteiger partial charge on any atom is -0.481 e. The van der Waals surface area contributed by atoms with Crippen LogP contribution in [0.25, 0.3) is 11.1 Å². The highest BCUT2D eigenvalue weighted by Crippen LogP contribution is 2.28. The van der Waals surface area contributed by atoms with E-state index in [9.17, 15) is 9.59 Å². The lowest BCUT2D eigenvalue weighted by atomic mass is 10.00. The Balaban J connectivity index is 1.65. The molecule has 1 fully saturated rings. The van der Waals surface area contributed by atoms with E-state index in [2.05, 4.69) is 4.98 Å². The summed E-state index contributed by atoms with van der Waals surface area (Å²) in [7, 11) is 0. The number of carboxylic acid groups (broad SMARTS) is 1. The molecule has 0 saturated carbocycles. The van der Waals surface area contributed by atoms with Gasteiger partial charge in [0.2, 0.25) is 0 Å². The Hall–Kier alpha value is -2.89. The summed E-state index contributed by atoms with van der Waals surface area (Å²) in [6, 6.07) is 12.1. The van der Waals surface area contributed by atoms with E-state index >= 15 is 0 Å².